The van der Waals surface area contributed by atoms with Gasteiger partial charge in [-0.3, -0.25) is 0 Å². The van der Waals surface area contributed by atoms with Crippen LogP contribution in [0.25, 0.3) is 27.7 Å². The average molecular weight is 287 g/mol. The first kappa shape index (κ1) is 13.0. The van der Waals surface area contributed by atoms with Crippen LogP contribution in [0.4, 0.5) is 0 Å². The van der Waals surface area contributed by atoms with Crippen molar-refractivity contribution < 1.29 is 0 Å². The van der Waals surface area contributed by atoms with Gasteiger partial charge in [0.05, 0.1) is 11.4 Å². The molecule has 0 saturated carbocycles. The number of hydrogen-bond donors (Lipinski definition) is 1. The fourth-order valence-electron chi connectivity index (χ4n) is 2.96. The van der Waals surface area contributed by atoms with E-state index in [-0.39, 0.29) is 0 Å². The van der Waals surface area contributed by atoms with E-state index in [1.807, 2.05) is 6.20 Å². The Balaban J connectivity index is 1.98. The fourth-order valence-corrected chi connectivity index (χ4v) is 2.96. The van der Waals surface area contributed by atoms with Crippen molar-refractivity contribution in [3.05, 3.63) is 72.1 Å². The second-order valence-electron chi connectivity index (χ2n) is 5.61. The molecule has 0 saturated heterocycles. The van der Waals surface area contributed by atoms with Crippen molar-refractivity contribution in [3.63, 3.8) is 0 Å². The number of nitrogens with two attached hydrogens (primary N) is 1. The topological polar surface area (TPSA) is 43.3 Å². The summed E-state index contributed by atoms with van der Waals surface area (Å²) in [5.74, 6) is 0. The van der Waals surface area contributed by atoms with E-state index in [0.717, 1.165) is 22.6 Å². The van der Waals surface area contributed by atoms with Gasteiger partial charge in [-0.15, -0.1) is 0 Å². The van der Waals surface area contributed by atoms with Crippen molar-refractivity contribution in [2.24, 2.45) is 5.73 Å². The van der Waals surface area contributed by atoms with Crippen LogP contribution in [-0.2, 0) is 6.54 Å². The molecule has 4 rings (SSSR count). The maximum absolute atomic E-state index is 5.99. The Morgan fingerprint density at radius 1 is 1.00 bits per heavy atom. The summed E-state index contributed by atoms with van der Waals surface area (Å²) < 4.78 is 2.08. The third-order valence-corrected chi connectivity index (χ3v) is 4.10. The molecule has 3 heteroatoms. The predicted molar refractivity (Wildman–Crippen MR) is 90.8 cm³/mol. The predicted octanol–water partition coefficient (Wildman–Crippen LogP) is 3.92. The summed E-state index contributed by atoms with van der Waals surface area (Å²) in [6.07, 6.45) is 2.05. The number of benzene rings is 2. The second-order valence-corrected chi connectivity index (χ2v) is 5.61. The maximum atomic E-state index is 5.99. The Hall–Kier alpha value is -2.65. The zero-order valence-electron chi connectivity index (χ0n) is 12.5. The number of imidazole rings is 1. The molecule has 2 heterocycles. The van der Waals surface area contributed by atoms with Gasteiger partial charge in [-0.25, -0.2) is 4.98 Å². The number of hydrogen-bond acceptors (Lipinski definition) is 2. The number of pyridine rings is 1. The molecule has 2 aromatic carbocycles. The fraction of sp³-hybridized carbons (Fsp3) is 0.105. The van der Waals surface area contributed by atoms with Crippen molar-refractivity contribution in [3.8, 4) is 11.3 Å². The number of nitrogens with zero attached hydrogens (tertiary/aromatic N) is 2. The van der Waals surface area contributed by atoms with Gasteiger partial charge >= 0.3 is 0 Å². The van der Waals surface area contributed by atoms with Gasteiger partial charge in [0.1, 0.15) is 5.65 Å². The molecule has 2 N–H and O–H groups in total. The molecule has 0 spiro atoms. The molecule has 0 aliphatic heterocycles. The van der Waals surface area contributed by atoms with E-state index >= 15 is 0 Å². The number of aryl methyl sites for hydroxylation is 1. The molecule has 0 atom stereocenters. The molecule has 0 aliphatic rings. The van der Waals surface area contributed by atoms with Gasteiger partial charge in [-0.1, -0.05) is 36.4 Å². The van der Waals surface area contributed by atoms with Crippen LogP contribution in [0.3, 0.4) is 0 Å². The lowest BCUT2D eigenvalue weighted by Gasteiger charge is -2.04. The minimum atomic E-state index is 0.465. The molecule has 2 aromatic heterocycles. The van der Waals surface area contributed by atoms with Gasteiger partial charge in [0, 0.05) is 18.3 Å². The lowest BCUT2D eigenvalue weighted by molar-refractivity contribution is 0.960. The summed E-state index contributed by atoms with van der Waals surface area (Å²) in [5, 5.41) is 2.45. The molecule has 0 amide bonds. The van der Waals surface area contributed by atoms with Crippen LogP contribution >= 0.6 is 0 Å². The third kappa shape index (κ3) is 1.98. The highest BCUT2D eigenvalue weighted by atomic mass is 15.0. The number of aromatic nitrogens is 2. The lowest BCUT2D eigenvalue weighted by atomic mass is 10.0. The van der Waals surface area contributed by atoms with E-state index in [9.17, 15) is 0 Å². The van der Waals surface area contributed by atoms with Gasteiger partial charge in [0.2, 0.25) is 0 Å². The molecule has 0 aliphatic carbocycles. The van der Waals surface area contributed by atoms with Crippen LogP contribution in [0.15, 0.2) is 60.8 Å². The van der Waals surface area contributed by atoms with E-state index in [1.54, 1.807) is 0 Å². The molecule has 0 fully saturated rings. The molecular formula is C19H17N3. The van der Waals surface area contributed by atoms with Crippen LogP contribution in [0, 0.1) is 6.92 Å². The van der Waals surface area contributed by atoms with Crippen molar-refractivity contribution >= 4 is 16.4 Å². The van der Waals surface area contributed by atoms with Gasteiger partial charge in [-0.2, -0.15) is 0 Å². The Kier molecular flexibility index (Phi) is 2.94. The van der Waals surface area contributed by atoms with Crippen LogP contribution in [0.5, 0.6) is 0 Å². The molecular weight excluding hydrogens is 270 g/mol. The van der Waals surface area contributed by atoms with E-state index in [1.165, 1.54) is 16.3 Å². The molecule has 108 valence electrons. The van der Waals surface area contributed by atoms with Crippen LogP contribution < -0.4 is 5.73 Å². The standard InChI is InChI=1S/C19H17N3/c1-13-8-9-22-17(12-20)19(21-18(22)10-13)16-7-6-14-4-2-3-5-15(14)11-16/h2-11H,12,20H2,1H3. The molecule has 0 unspecified atom stereocenters. The van der Waals surface area contributed by atoms with E-state index in [4.69, 9.17) is 10.7 Å². The molecule has 22 heavy (non-hydrogen) atoms. The first-order chi connectivity index (χ1) is 10.8. The van der Waals surface area contributed by atoms with Crippen LogP contribution in [0.2, 0.25) is 0 Å². The van der Waals surface area contributed by atoms with Gasteiger partial charge in [0.15, 0.2) is 0 Å². The third-order valence-electron chi connectivity index (χ3n) is 4.10. The molecule has 0 bridgehead atoms. The highest BCUT2D eigenvalue weighted by Gasteiger charge is 2.13. The summed E-state index contributed by atoms with van der Waals surface area (Å²) in [6.45, 7) is 2.54. The zero-order valence-corrected chi connectivity index (χ0v) is 12.5. The average Bonchev–Trinajstić information content (AvgIpc) is 2.91. The van der Waals surface area contributed by atoms with Gasteiger partial charge < -0.3 is 10.1 Å². The Morgan fingerprint density at radius 2 is 1.82 bits per heavy atom. The van der Waals surface area contributed by atoms with Crippen LogP contribution in [-0.4, -0.2) is 9.38 Å². The number of fused-ring (bicyclic) bond motifs is 2. The second kappa shape index (κ2) is 4.97. The number of rotatable bonds is 2. The van der Waals surface area contributed by atoms with Gasteiger partial charge in [-0.05, 0) is 41.5 Å². The van der Waals surface area contributed by atoms with Crippen molar-refractivity contribution in [2.45, 2.75) is 13.5 Å². The largest absolute Gasteiger partial charge is 0.325 e. The summed E-state index contributed by atoms with van der Waals surface area (Å²) in [7, 11) is 0. The van der Waals surface area contributed by atoms with Crippen LogP contribution in [0.1, 0.15) is 11.3 Å². The van der Waals surface area contributed by atoms with E-state index in [2.05, 4.69) is 65.9 Å². The van der Waals surface area contributed by atoms with E-state index < -0.39 is 0 Å². The van der Waals surface area contributed by atoms with E-state index in [0.29, 0.717) is 6.54 Å². The first-order valence-corrected chi connectivity index (χ1v) is 7.43. The lowest BCUT2D eigenvalue weighted by Crippen LogP contribution is -2.02. The minimum absolute atomic E-state index is 0.465. The zero-order chi connectivity index (χ0) is 15.1. The first-order valence-electron chi connectivity index (χ1n) is 7.43. The SMILES string of the molecule is Cc1ccn2c(CN)c(-c3ccc4ccccc4c3)nc2c1. The Labute approximate surface area is 129 Å². The summed E-state index contributed by atoms with van der Waals surface area (Å²) in [6, 6.07) is 19.0. The Bertz CT molecular complexity index is 982. The highest BCUT2D eigenvalue weighted by molar-refractivity contribution is 5.87. The molecule has 0 radical (unpaired) electrons. The highest BCUT2D eigenvalue weighted by Crippen LogP contribution is 2.27. The maximum Gasteiger partial charge on any atom is 0.137 e. The normalized spacial score (nSPS) is 11.4. The Morgan fingerprint density at radius 3 is 2.64 bits per heavy atom. The van der Waals surface area contributed by atoms with Crippen molar-refractivity contribution in [1.29, 1.82) is 0 Å². The molecule has 4 aromatic rings. The smallest absolute Gasteiger partial charge is 0.137 e. The van der Waals surface area contributed by atoms with Crippen molar-refractivity contribution in [1.82, 2.24) is 9.38 Å². The molecule has 3 nitrogen and oxygen atoms in total. The monoisotopic (exact) mass is 287 g/mol. The van der Waals surface area contributed by atoms with Gasteiger partial charge in [0.25, 0.3) is 0 Å². The summed E-state index contributed by atoms with van der Waals surface area (Å²) in [4.78, 5) is 4.80. The summed E-state index contributed by atoms with van der Waals surface area (Å²) >= 11 is 0. The minimum Gasteiger partial charge on any atom is -0.325 e. The summed E-state index contributed by atoms with van der Waals surface area (Å²) in [5.41, 5.74) is 11.3. The quantitative estimate of drug-likeness (QED) is 0.607. The van der Waals surface area contributed by atoms with Crippen molar-refractivity contribution in [2.75, 3.05) is 0 Å².